The van der Waals surface area contributed by atoms with Crippen LogP contribution in [0.2, 0.25) is 0 Å². The molecule has 0 unspecified atom stereocenters. The van der Waals surface area contributed by atoms with Gasteiger partial charge in [-0.25, -0.2) is 4.57 Å². The van der Waals surface area contributed by atoms with Crippen molar-refractivity contribution in [1.29, 1.82) is 0 Å². The topological polar surface area (TPSA) is 3.88 Å². The Labute approximate surface area is 139 Å². The van der Waals surface area contributed by atoms with Crippen LogP contribution in [0.25, 0.3) is 0 Å². The van der Waals surface area contributed by atoms with Gasteiger partial charge in [-0.15, -0.1) is 0 Å². The third kappa shape index (κ3) is 6.50. The van der Waals surface area contributed by atoms with Gasteiger partial charge in [-0.05, 0) is 38.2 Å². The lowest BCUT2D eigenvalue weighted by molar-refractivity contribution is -0.705. The zero-order valence-electron chi connectivity index (χ0n) is 15.6. The molecule has 0 bridgehead atoms. The minimum atomic E-state index is 1.18. The molecular formula is C21H38N+. The molecule has 1 aromatic heterocycles. The molecule has 0 aliphatic rings. The molecule has 0 saturated carbocycles. The predicted molar refractivity (Wildman–Crippen MR) is 97.4 cm³/mol. The van der Waals surface area contributed by atoms with Crippen molar-refractivity contribution in [2.45, 2.75) is 105 Å². The molecule has 0 amide bonds. The van der Waals surface area contributed by atoms with Crippen molar-refractivity contribution in [2.75, 3.05) is 0 Å². The van der Waals surface area contributed by atoms with Crippen molar-refractivity contribution in [1.82, 2.24) is 0 Å². The molecule has 1 heterocycles. The molecule has 0 spiro atoms. The second-order valence-electron chi connectivity index (χ2n) is 6.68. The molecule has 0 aromatic carbocycles. The molecule has 1 nitrogen and oxygen atoms in total. The Morgan fingerprint density at radius 2 is 1.41 bits per heavy atom. The summed E-state index contributed by atoms with van der Waals surface area (Å²) in [6.07, 6.45) is 16.7. The SMILES string of the molecule is CCCCCc1c(CCCC)cc(CCCC)c[n+]1CCC. The van der Waals surface area contributed by atoms with Crippen LogP contribution in [0.4, 0.5) is 0 Å². The highest BCUT2D eigenvalue weighted by Crippen LogP contribution is 2.16. The molecule has 22 heavy (non-hydrogen) atoms. The van der Waals surface area contributed by atoms with Crippen molar-refractivity contribution < 1.29 is 4.57 Å². The lowest BCUT2D eigenvalue weighted by Gasteiger charge is -2.12. The number of pyridine rings is 1. The van der Waals surface area contributed by atoms with Crippen LogP contribution >= 0.6 is 0 Å². The van der Waals surface area contributed by atoms with E-state index in [9.17, 15) is 0 Å². The monoisotopic (exact) mass is 304 g/mol. The minimum Gasteiger partial charge on any atom is -0.202 e. The van der Waals surface area contributed by atoms with E-state index in [0.717, 1.165) is 0 Å². The fourth-order valence-electron chi connectivity index (χ4n) is 3.20. The van der Waals surface area contributed by atoms with E-state index in [1.807, 2.05) is 0 Å². The standard InChI is InChI=1S/C21H38N/c1-5-9-12-15-21-20(14-11-7-3)17-19(13-10-6-2)18-22(21)16-8-4/h17-18H,5-16H2,1-4H3/q+1. The maximum atomic E-state index is 2.59. The van der Waals surface area contributed by atoms with Gasteiger partial charge in [0, 0.05) is 24.0 Å². The van der Waals surface area contributed by atoms with Crippen LogP contribution < -0.4 is 4.57 Å². The maximum absolute atomic E-state index is 2.59. The zero-order chi connectivity index (χ0) is 16.2. The summed E-state index contributed by atoms with van der Waals surface area (Å²) in [6, 6.07) is 2.53. The average Bonchev–Trinajstić information content (AvgIpc) is 2.53. The third-order valence-electron chi connectivity index (χ3n) is 4.50. The Balaban J connectivity index is 3.03. The highest BCUT2D eigenvalue weighted by atomic mass is 15.0. The first-order valence-electron chi connectivity index (χ1n) is 9.80. The largest absolute Gasteiger partial charge is 0.202 e. The van der Waals surface area contributed by atoms with Gasteiger partial charge in [0.2, 0.25) is 0 Å². The molecule has 1 aromatic rings. The molecular weight excluding hydrogens is 266 g/mol. The van der Waals surface area contributed by atoms with Crippen molar-refractivity contribution >= 4 is 0 Å². The average molecular weight is 305 g/mol. The second kappa shape index (κ2) is 11.7. The third-order valence-corrected chi connectivity index (χ3v) is 4.50. The van der Waals surface area contributed by atoms with E-state index in [4.69, 9.17) is 0 Å². The van der Waals surface area contributed by atoms with E-state index in [1.165, 1.54) is 77.2 Å². The number of hydrogen-bond acceptors (Lipinski definition) is 0. The van der Waals surface area contributed by atoms with Crippen LogP contribution in [0.1, 0.15) is 95.9 Å². The van der Waals surface area contributed by atoms with Gasteiger partial charge in [-0.1, -0.05) is 53.4 Å². The van der Waals surface area contributed by atoms with Crippen LogP contribution in [-0.4, -0.2) is 0 Å². The quantitative estimate of drug-likeness (QED) is 0.339. The molecule has 1 rings (SSSR count). The highest BCUT2D eigenvalue weighted by molar-refractivity contribution is 5.22. The summed E-state index contributed by atoms with van der Waals surface area (Å²) in [5.74, 6) is 0. The van der Waals surface area contributed by atoms with Crippen LogP contribution in [0.5, 0.6) is 0 Å². The Kier molecular flexibility index (Phi) is 10.2. The van der Waals surface area contributed by atoms with Gasteiger partial charge < -0.3 is 0 Å². The first kappa shape index (κ1) is 19.2. The van der Waals surface area contributed by atoms with Crippen molar-refractivity contribution in [3.05, 3.63) is 29.1 Å². The van der Waals surface area contributed by atoms with Crippen molar-refractivity contribution in [2.24, 2.45) is 0 Å². The van der Waals surface area contributed by atoms with Gasteiger partial charge in [0.1, 0.15) is 6.54 Å². The molecule has 0 N–H and O–H groups in total. The number of unbranched alkanes of at least 4 members (excludes halogenated alkanes) is 4. The molecule has 0 aliphatic carbocycles. The molecule has 0 saturated heterocycles. The fraction of sp³-hybridized carbons (Fsp3) is 0.762. The summed E-state index contributed by atoms with van der Waals surface area (Å²) in [5.41, 5.74) is 4.82. The Bertz CT molecular complexity index is 409. The van der Waals surface area contributed by atoms with E-state index in [-0.39, 0.29) is 0 Å². The van der Waals surface area contributed by atoms with Crippen LogP contribution in [-0.2, 0) is 25.8 Å². The molecule has 0 radical (unpaired) electrons. The van der Waals surface area contributed by atoms with E-state index < -0.39 is 0 Å². The number of aromatic nitrogens is 1. The Morgan fingerprint density at radius 3 is 2.05 bits per heavy atom. The van der Waals surface area contributed by atoms with Gasteiger partial charge in [0.25, 0.3) is 0 Å². The first-order chi connectivity index (χ1) is 10.8. The normalized spacial score (nSPS) is 11.1. The number of nitrogens with zero attached hydrogens (tertiary/aromatic N) is 1. The summed E-state index contributed by atoms with van der Waals surface area (Å²) in [6.45, 7) is 10.4. The smallest absolute Gasteiger partial charge is 0.184 e. The summed E-state index contributed by atoms with van der Waals surface area (Å²) in [4.78, 5) is 0. The summed E-state index contributed by atoms with van der Waals surface area (Å²) in [5, 5.41) is 0. The second-order valence-corrected chi connectivity index (χ2v) is 6.68. The number of hydrogen-bond donors (Lipinski definition) is 0. The number of aryl methyl sites for hydroxylation is 3. The Morgan fingerprint density at radius 1 is 0.727 bits per heavy atom. The molecule has 0 fully saturated rings. The molecule has 1 heteroatoms. The maximum Gasteiger partial charge on any atom is 0.184 e. The highest BCUT2D eigenvalue weighted by Gasteiger charge is 2.17. The van der Waals surface area contributed by atoms with Gasteiger partial charge in [-0.2, -0.15) is 0 Å². The molecule has 0 atom stereocenters. The van der Waals surface area contributed by atoms with Crippen molar-refractivity contribution in [3.63, 3.8) is 0 Å². The van der Waals surface area contributed by atoms with E-state index >= 15 is 0 Å². The first-order valence-corrected chi connectivity index (χ1v) is 9.80. The van der Waals surface area contributed by atoms with E-state index in [1.54, 1.807) is 16.8 Å². The zero-order valence-corrected chi connectivity index (χ0v) is 15.6. The predicted octanol–water partition coefficient (Wildman–Crippen LogP) is 5.80. The van der Waals surface area contributed by atoms with Gasteiger partial charge >= 0.3 is 0 Å². The van der Waals surface area contributed by atoms with Crippen LogP contribution in [0.15, 0.2) is 12.3 Å². The van der Waals surface area contributed by atoms with E-state index in [2.05, 4.69) is 44.5 Å². The Hall–Kier alpha value is -0.850. The van der Waals surface area contributed by atoms with Gasteiger partial charge in [0.05, 0.1) is 0 Å². The van der Waals surface area contributed by atoms with E-state index in [0.29, 0.717) is 0 Å². The van der Waals surface area contributed by atoms with Crippen LogP contribution in [0, 0.1) is 0 Å². The lowest BCUT2D eigenvalue weighted by atomic mass is 9.98. The fourth-order valence-corrected chi connectivity index (χ4v) is 3.20. The summed E-state index contributed by atoms with van der Waals surface area (Å²) >= 11 is 0. The molecule has 0 aliphatic heterocycles. The van der Waals surface area contributed by atoms with Gasteiger partial charge in [0.15, 0.2) is 11.9 Å². The van der Waals surface area contributed by atoms with Crippen LogP contribution in [0.3, 0.4) is 0 Å². The minimum absolute atomic E-state index is 1.18. The summed E-state index contributed by atoms with van der Waals surface area (Å²) in [7, 11) is 0. The summed E-state index contributed by atoms with van der Waals surface area (Å²) < 4.78 is 2.59. The molecule has 126 valence electrons. The lowest BCUT2D eigenvalue weighted by Crippen LogP contribution is -2.40. The number of rotatable bonds is 12. The van der Waals surface area contributed by atoms with Gasteiger partial charge in [-0.3, -0.25) is 0 Å². The van der Waals surface area contributed by atoms with Crippen molar-refractivity contribution in [3.8, 4) is 0 Å².